The topological polar surface area (TPSA) is 53.1 Å². The molecule has 204 valence electrons. The molecule has 0 atom stereocenters. The van der Waals surface area contributed by atoms with Crippen LogP contribution in [-0.2, 0) is 12.0 Å². The Kier molecular flexibility index (Phi) is 8.18. The van der Waals surface area contributed by atoms with Crippen LogP contribution in [-0.4, -0.2) is 36.6 Å². The van der Waals surface area contributed by atoms with Gasteiger partial charge in [0.2, 0.25) is 5.95 Å². The first-order chi connectivity index (χ1) is 18.8. The molecule has 39 heavy (non-hydrogen) atoms. The average molecular weight is 522 g/mol. The number of nitrogens with one attached hydrogen (secondary N) is 2. The van der Waals surface area contributed by atoms with Gasteiger partial charge in [-0.1, -0.05) is 81.4 Å². The van der Waals surface area contributed by atoms with Crippen molar-refractivity contribution >= 4 is 22.7 Å². The summed E-state index contributed by atoms with van der Waals surface area (Å²) < 4.78 is 0. The Balaban J connectivity index is 1.08. The van der Waals surface area contributed by atoms with E-state index < -0.39 is 0 Å². The number of para-hydroxylation sites is 1. The lowest BCUT2D eigenvalue weighted by atomic mass is 9.86. The van der Waals surface area contributed by atoms with E-state index in [1.165, 1.54) is 35.1 Å². The SMILES string of the molecule is CN(C)c1nc(N[C@H]2CC[C@@H](CNCc3ccc(-c4ccc(C(C)(C)C)cc4)cc3)CC2)nc2ccccc12. The van der Waals surface area contributed by atoms with E-state index >= 15 is 0 Å². The van der Waals surface area contributed by atoms with Gasteiger partial charge in [0.15, 0.2) is 0 Å². The number of hydrogen-bond acceptors (Lipinski definition) is 5. The van der Waals surface area contributed by atoms with Gasteiger partial charge in [-0.3, -0.25) is 0 Å². The van der Waals surface area contributed by atoms with Crippen LogP contribution in [0.4, 0.5) is 11.8 Å². The van der Waals surface area contributed by atoms with Gasteiger partial charge < -0.3 is 15.5 Å². The Bertz CT molecular complexity index is 1360. The maximum Gasteiger partial charge on any atom is 0.225 e. The standard InChI is InChI=1S/C34H43N5/c1-34(2,3)28-18-16-27(17-19-28)26-14-10-24(11-15-26)22-35-23-25-12-20-29(21-13-25)36-33-37-31-9-7-6-8-30(31)32(38-33)39(4)5/h6-11,14-19,25,29,35H,12-13,20-23H2,1-5H3,(H,36,37,38)/t25-,29+. The summed E-state index contributed by atoms with van der Waals surface area (Å²) in [5, 5.41) is 8.43. The molecule has 1 fully saturated rings. The molecule has 1 saturated carbocycles. The van der Waals surface area contributed by atoms with E-state index in [2.05, 4.69) is 97.0 Å². The molecule has 0 aliphatic heterocycles. The molecule has 1 aromatic heterocycles. The molecular weight excluding hydrogens is 478 g/mol. The molecule has 0 bridgehead atoms. The summed E-state index contributed by atoms with van der Waals surface area (Å²) in [6.45, 7) is 8.76. The van der Waals surface area contributed by atoms with Crippen LogP contribution in [0.3, 0.4) is 0 Å². The maximum absolute atomic E-state index is 4.83. The van der Waals surface area contributed by atoms with Gasteiger partial charge in [-0.25, -0.2) is 4.98 Å². The zero-order valence-corrected chi connectivity index (χ0v) is 24.2. The van der Waals surface area contributed by atoms with Crippen LogP contribution in [0.15, 0.2) is 72.8 Å². The van der Waals surface area contributed by atoms with Gasteiger partial charge in [-0.2, -0.15) is 4.98 Å². The van der Waals surface area contributed by atoms with E-state index in [1.54, 1.807) is 0 Å². The highest BCUT2D eigenvalue weighted by molar-refractivity contribution is 5.90. The van der Waals surface area contributed by atoms with Crippen molar-refractivity contribution in [2.45, 2.75) is 64.5 Å². The second-order valence-corrected chi connectivity index (χ2v) is 12.3. The monoisotopic (exact) mass is 521 g/mol. The molecule has 5 nitrogen and oxygen atoms in total. The van der Waals surface area contributed by atoms with Gasteiger partial charge >= 0.3 is 0 Å². The van der Waals surface area contributed by atoms with Crippen LogP contribution in [0.2, 0.25) is 0 Å². The molecule has 5 heteroatoms. The van der Waals surface area contributed by atoms with E-state index in [4.69, 9.17) is 9.97 Å². The Labute approximate surface area is 234 Å². The Morgan fingerprint density at radius 3 is 2.08 bits per heavy atom. The van der Waals surface area contributed by atoms with Crippen LogP contribution in [0.5, 0.6) is 0 Å². The predicted molar refractivity (Wildman–Crippen MR) is 166 cm³/mol. The molecule has 0 saturated heterocycles. The van der Waals surface area contributed by atoms with Gasteiger partial charge in [-0.15, -0.1) is 0 Å². The third-order valence-electron chi connectivity index (χ3n) is 7.99. The van der Waals surface area contributed by atoms with E-state index in [-0.39, 0.29) is 5.41 Å². The lowest BCUT2D eigenvalue weighted by Crippen LogP contribution is -2.31. The van der Waals surface area contributed by atoms with Crippen LogP contribution < -0.4 is 15.5 Å². The molecule has 0 spiro atoms. The van der Waals surface area contributed by atoms with E-state index in [1.807, 2.05) is 26.2 Å². The lowest BCUT2D eigenvalue weighted by molar-refractivity contribution is 0.324. The van der Waals surface area contributed by atoms with Crippen molar-refractivity contribution in [3.05, 3.63) is 83.9 Å². The van der Waals surface area contributed by atoms with Crippen molar-refractivity contribution in [2.24, 2.45) is 5.92 Å². The first-order valence-electron chi connectivity index (χ1n) is 14.4. The molecule has 1 aliphatic carbocycles. The van der Waals surface area contributed by atoms with Crippen molar-refractivity contribution in [2.75, 3.05) is 30.9 Å². The zero-order valence-electron chi connectivity index (χ0n) is 24.2. The molecule has 1 aliphatic rings. The van der Waals surface area contributed by atoms with Gasteiger partial charge in [0.1, 0.15) is 5.82 Å². The fourth-order valence-corrected chi connectivity index (χ4v) is 5.56. The third kappa shape index (κ3) is 6.77. The third-order valence-corrected chi connectivity index (χ3v) is 7.99. The predicted octanol–water partition coefficient (Wildman–Crippen LogP) is 7.42. The Morgan fingerprint density at radius 2 is 1.44 bits per heavy atom. The summed E-state index contributed by atoms with van der Waals surface area (Å²) in [5.41, 5.74) is 6.44. The van der Waals surface area contributed by atoms with Crippen LogP contribution in [0, 0.1) is 5.92 Å². The zero-order chi connectivity index (χ0) is 27.4. The summed E-state index contributed by atoms with van der Waals surface area (Å²) in [5.74, 6) is 2.43. The Morgan fingerprint density at radius 1 is 0.795 bits per heavy atom. The van der Waals surface area contributed by atoms with E-state index in [0.29, 0.717) is 6.04 Å². The smallest absolute Gasteiger partial charge is 0.225 e. The van der Waals surface area contributed by atoms with Crippen LogP contribution >= 0.6 is 0 Å². The van der Waals surface area contributed by atoms with Crippen molar-refractivity contribution in [1.82, 2.24) is 15.3 Å². The first kappa shape index (κ1) is 27.1. The number of benzene rings is 3. The molecular formula is C34H43N5. The molecule has 1 heterocycles. The highest BCUT2D eigenvalue weighted by atomic mass is 15.2. The van der Waals surface area contributed by atoms with Crippen molar-refractivity contribution in [3.8, 4) is 11.1 Å². The van der Waals surface area contributed by atoms with Crippen LogP contribution in [0.1, 0.15) is 57.6 Å². The molecule has 0 amide bonds. The van der Waals surface area contributed by atoms with Gasteiger partial charge in [0.05, 0.1) is 5.52 Å². The minimum Gasteiger partial charge on any atom is -0.362 e. The molecule has 4 aromatic rings. The van der Waals surface area contributed by atoms with Gasteiger partial charge in [-0.05, 0) is 77.9 Å². The second kappa shape index (κ2) is 11.7. The van der Waals surface area contributed by atoms with Crippen LogP contribution in [0.25, 0.3) is 22.0 Å². The van der Waals surface area contributed by atoms with Crippen molar-refractivity contribution in [3.63, 3.8) is 0 Å². The molecule has 3 aromatic carbocycles. The molecule has 2 N–H and O–H groups in total. The van der Waals surface area contributed by atoms with E-state index in [9.17, 15) is 0 Å². The number of hydrogen-bond donors (Lipinski definition) is 2. The van der Waals surface area contributed by atoms with Crippen molar-refractivity contribution in [1.29, 1.82) is 0 Å². The summed E-state index contributed by atoms with van der Waals surface area (Å²) in [6.07, 6.45) is 4.76. The molecule has 5 rings (SSSR count). The highest BCUT2D eigenvalue weighted by Gasteiger charge is 2.22. The summed E-state index contributed by atoms with van der Waals surface area (Å²) in [7, 11) is 4.08. The van der Waals surface area contributed by atoms with Gasteiger partial charge in [0, 0.05) is 32.1 Å². The second-order valence-electron chi connectivity index (χ2n) is 12.3. The minimum absolute atomic E-state index is 0.186. The number of rotatable bonds is 8. The fourth-order valence-electron chi connectivity index (χ4n) is 5.56. The minimum atomic E-state index is 0.186. The lowest BCUT2D eigenvalue weighted by Gasteiger charge is -2.29. The highest BCUT2D eigenvalue weighted by Crippen LogP contribution is 2.29. The maximum atomic E-state index is 4.83. The van der Waals surface area contributed by atoms with Gasteiger partial charge in [0.25, 0.3) is 0 Å². The first-order valence-corrected chi connectivity index (χ1v) is 14.4. The summed E-state index contributed by atoms with van der Waals surface area (Å²) >= 11 is 0. The fraction of sp³-hybridized carbons (Fsp3) is 0.412. The quantitative estimate of drug-likeness (QED) is 0.253. The Hall–Kier alpha value is -3.44. The molecule has 0 radical (unpaired) electrons. The van der Waals surface area contributed by atoms with Crippen molar-refractivity contribution < 1.29 is 0 Å². The number of nitrogens with zero attached hydrogens (tertiary/aromatic N) is 3. The van der Waals surface area contributed by atoms with E-state index in [0.717, 1.165) is 54.5 Å². The molecule has 0 unspecified atom stereocenters. The summed E-state index contributed by atoms with van der Waals surface area (Å²) in [6, 6.07) is 26.7. The number of fused-ring (bicyclic) bond motifs is 1. The largest absolute Gasteiger partial charge is 0.362 e. The average Bonchev–Trinajstić information content (AvgIpc) is 2.93. The number of aromatic nitrogens is 2. The normalized spacial score (nSPS) is 17.8. The summed E-state index contributed by atoms with van der Waals surface area (Å²) in [4.78, 5) is 11.7. The number of anilines is 2.